The molecule has 0 spiro atoms. The molecule has 1 unspecified atom stereocenters. The van der Waals surface area contributed by atoms with E-state index in [1.165, 1.54) is 0 Å². The molecule has 0 fully saturated rings. The number of halogens is 2. The fourth-order valence-electron chi connectivity index (χ4n) is 3.41. The van der Waals surface area contributed by atoms with Gasteiger partial charge in [-0.15, -0.1) is 0 Å². The van der Waals surface area contributed by atoms with Crippen LogP contribution in [-0.4, -0.2) is 16.7 Å². The van der Waals surface area contributed by atoms with Crippen molar-refractivity contribution in [1.29, 1.82) is 0 Å². The van der Waals surface area contributed by atoms with E-state index in [4.69, 9.17) is 27.9 Å². The molecular weight excluding hydrogens is 395 g/mol. The van der Waals surface area contributed by atoms with Crippen LogP contribution in [0.25, 0.3) is 21.9 Å². The molecule has 0 radical (unpaired) electrons. The van der Waals surface area contributed by atoms with E-state index in [2.05, 4.69) is 0 Å². The predicted octanol–water partition coefficient (Wildman–Crippen LogP) is 7.06. The lowest BCUT2D eigenvalue weighted by Gasteiger charge is -2.28. The Balaban J connectivity index is 2.42. The van der Waals surface area contributed by atoms with Gasteiger partial charge < -0.3 is 9.84 Å². The highest BCUT2D eigenvalue weighted by atomic mass is 35.5. The molecule has 0 aliphatic heterocycles. The SMILES string of the molecule is Cc1cc2ccccc2c(-c2ccc(Cl)cc2Cl)c1C(OC(C)(C)C)C(=O)O. The van der Waals surface area contributed by atoms with Crippen LogP contribution in [0, 0.1) is 6.92 Å². The largest absolute Gasteiger partial charge is 0.479 e. The maximum Gasteiger partial charge on any atom is 0.337 e. The van der Waals surface area contributed by atoms with Crippen LogP contribution < -0.4 is 0 Å². The maximum atomic E-state index is 12.2. The molecule has 0 bridgehead atoms. The van der Waals surface area contributed by atoms with Gasteiger partial charge in [-0.3, -0.25) is 0 Å². The van der Waals surface area contributed by atoms with Crippen molar-refractivity contribution in [2.75, 3.05) is 0 Å². The number of carboxylic acids is 1. The molecule has 1 N–H and O–H groups in total. The van der Waals surface area contributed by atoms with Gasteiger partial charge in [0.15, 0.2) is 6.10 Å². The lowest BCUT2D eigenvalue weighted by atomic mass is 9.87. The number of hydrogen-bond donors (Lipinski definition) is 1. The van der Waals surface area contributed by atoms with E-state index in [0.29, 0.717) is 15.6 Å². The fourth-order valence-corrected chi connectivity index (χ4v) is 3.91. The van der Waals surface area contributed by atoms with Crippen molar-refractivity contribution in [3.8, 4) is 11.1 Å². The van der Waals surface area contributed by atoms with Crippen LogP contribution in [0.4, 0.5) is 0 Å². The van der Waals surface area contributed by atoms with Crippen molar-refractivity contribution in [2.45, 2.75) is 39.4 Å². The van der Waals surface area contributed by atoms with E-state index in [9.17, 15) is 9.90 Å². The molecule has 5 heteroatoms. The molecule has 3 aromatic rings. The number of benzene rings is 3. The molecular formula is C23H22Cl2O3. The van der Waals surface area contributed by atoms with E-state index < -0.39 is 17.7 Å². The van der Waals surface area contributed by atoms with Gasteiger partial charge in [-0.2, -0.15) is 0 Å². The second-order valence-electron chi connectivity index (χ2n) is 7.78. The van der Waals surface area contributed by atoms with Gasteiger partial charge in [-0.05, 0) is 61.7 Å². The van der Waals surface area contributed by atoms with Crippen LogP contribution in [-0.2, 0) is 9.53 Å². The molecule has 3 nitrogen and oxygen atoms in total. The van der Waals surface area contributed by atoms with Crippen LogP contribution in [0.5, 0.6) is 0 Å². The molecule has 3 rings (SSSR count). The second kappa shape index (κ2) is 7.75. The van der Waals surface area contributed by atoms with Crippen LogP contribution in [0.15, 0.2) is 48.5 Å². The predicted molar refractivity (Wildman–Crippen MR) is 115 cm³/mol. The molecule has 0 aliphatic rings. The Morgan fingerprint density at radius 2 is 1.75 bits per heavy atom. The maximum absolute atomic E-state index is 12.2. The number of rotatable bonds is 4. The lowest BCUT2D eigenvalue weighted by Crippen LogP contribution is -2.28. The summed E-state index contributed by atoms with van der Waals surface area (Å²) in [7, 11) is 0. The Bertz CT molecular complexity index is 1050. The Kier molecular flexibility index (Phi) is 5.72. The number of fused-ring (bicyclic) bond motifs is 1. The van der Waals surface area contributed by atoms with Crippen molar-refractivity contribution >= 4 is 39.9 Å². The smallest absolute Gasteiger partial charge is 0.337 e. The van der Waals surface area contributed by atoms with Crippen LogP contribution >= 0.6 is 23.2 Å². The number of carbonyl (C=O) groups is 1. The molecule has 0 heterocycles. The highest BCUT2D eigenvalue weighted by molar-refractivity contribution is 6.36. The van der Waals surface area contributed by atoms with E-state index in [0.717, 1.165) is 27.5 Å². The zero-order valence-electron chi connectivity index (χ0n) is 16.2. The van der Waals surface area contributed by atoms with E-state index in [1.54, 1.807) is 12.1 Å². The summed E-state index contributed by atoms with van der Waals surface area (Å²) >= 11 is 12.6. The number of aryl methyl sites for hydroxylation is 1. The highest BCUT2D eigenvalue weighted by Crippen LogP contribution is 2.43. The van der Waals surface area contributed by atoms with Gasteiger partial charge in [-0.25, -0.2) is 4.79 Å². The first-order valence-electron chi connectivity index (χ1n) is 8.97. The summed E-state index contributed by atoms with van der Waals surface area (Å²) in [5.74, 6) is -1.04. The van der Waals surface area contributed by atoms with Gasteiger partial charge in [0, 0.05) is 21.2 Å². The molecule has 0 aromatic heterocycles. The number of hydrogen-bond acceptors (Lipinski definition) is 2. The quantitative estimate of drug-likeness (QED) is 0.494. The molecule has 28 heavy (non-hydrogen) atoms. The molecule has 0 amide bonds. The van der Waals surface area contributed by atoms with Gasteiger partial charge in [0.05, 0.1) is 5.60 Å². The molecule has 3 aromatic carbocycles. The van der Waals surface area contributed by atoms with Crippen molar-refractivity contribution in [3.63, 3.8) is 0 Å². The van der Waals surface area contributed by atoms with Crippen LogP contribution in [0.1, 0.15) is 38.0 Å². The minimum atomic E-state index is -1.13. The van der Waals surface area contributed by atoms with Gasteiger partial charge in [-0.1, -0.05) is 59.6 Å². The van der Waals surface area contributed by atoms with Gasteiger partial charge in [0.2, 0.25) is 0 Å². The molecule has 0 saturated carbocycles. The zero-order chi connectivity index (χ0) is 20.6. The average molecular weight is 417 g/mol. The summed E-state index contributed by atoms with van der Waals surface area (Å²) in [4.78, 5) is 12.2. The third-order valence-corrected chi connectivity index (χ3v) is 5.00. The number of aliphatic carboxylic acids is 1. The van der Waals surface area contributed by atoms with E-state index in [1.807, 2.05) is 64.1 Å². The first-order chi connectivity index (χ1) is 13.1. The van der Waals surface area contributed by atoms with Crippen LogP contribution in [0.3, 0.4) is 0 Å². The Labute approximate surface area is 174 Å². The van der Waals surface area contributed by atoms with Crippen molar-refractivity contribution in [2.24, 2.45) is 0 Å². The van der Waals surface area contributed by atoms with Gasteiger partial charge >= 0.3 is 5.97 Å². The summed E-state index contributed by atoms with van der Waals surface area (Å²) in [5, 5.41) is 12.9. The standard InChI is InChI=1S/C23H22Cl2O3/c1-13-11-14-7-5-6-8-16(14)20(17-10-9-15(24)12-18(17)25)19(13)21(22(26)27)28-23(2,3)4/h5-12,21H,1-4H3,(H,26,27). The highest BCUT2D eigenvalue weighted by Gasteiger charge is 2.31. The second-order valence-corrected chi connectivity index (χ2v) is 8.62. The van der Waals surface area contributed by atoms with E-state index >= 15 is 0 Å². The lowest BCUT2D eigenvalue weighted by molar-refractivity contribution is -0.160. The zero-order valence-corrected chi connectivity index (χ0v) is 17.7. The molecule has 0 aliphatic carbocycles. The average Bonchev–Trinajstić information content (AvgIpc) is 2.58. The van der Waals surface area contributed by atoms with Crippen LogP contribution in [0.2, 0.25) is 10.0 Å². The third kappa shape index (κ3) is 4.17. The molecule has 1 atom stereocenters. The number of ether oxygens (including phenoxy) is 1. The third-order valence-electron chi connectivity index (χ3n) is 4.45. The minimum absolute atomic E-state index is 0.462. The number of carboxylic acid groups (broad SMARTS) is 1. The summed E-state index contributed by atoms with van der Waals surface area (Å²) in [6.45, 7) is 7.42. The minimum Gasteiger partial charge on any atom is -0.479 e. The van der Waals surface area contributed by atoms with E-state index in [-0.39, 0.29) is 0 Å². The Morgan fingerprint density at radius 1 is 1.07 bits per heavy atom. The summed E-state index contributed by atoms with van der Waals surface area (Å²) < 4.78 is 5.97. The van der Waals surface area contributed by atoms with Gasteiger partial charge in [0.25, 0.3) is 0 Å². The molecule has 0 saturated heterocycles. The van der Waals surface area contributed by atoms with Gasteiger partial charge in [0.1, 0.15) is 0 Å². The molecule has 146 valence electrons. The topological polar surface area (TPSA) is 46.5 Å². The summed E-state index contributed by atoms with van der Waals surface area (Å²) in [5.41, 5.74) is 2.28. The summed E-state index contributed by atoms with van der Waals surface area (Å²) in [6, 6.07) is 15.1. The van der Waals surface area contributed by atoms with Crippen molar-refractivity contribution in [3.05, 3.63) is 69.7 Å². The Hall–Kier alpha value is -2.07. The normalized spacial score (nSPS) is 12.9. The Morgan fingerprint density at radius 3 is 2.36 bits per heavy atom. The summed E-state index contributed by atoms with van der Waals surface area (Å²) in [6.07, 6.45) is -1.13. The van der Waals surface area contributed by atoms with Crippen molar-refractivity contribution < 1.29 is 14.6 Å². The monoisotopic (exact) mass is 416 g/mol. The first kappa shape index (κ1) is 20.7. The van der Waals surface area contributed by atoms with Crippen molar-refractivity contribution in [1.82, 2.24) is 0 Å². The first-order valence-corrected chi connectivity index (χ1v) is 9.72. The fraction of sp³-hybridized carbons (Fsp3) is 0.261.